The number of aromatic amines is 1. The fraction of sp³-hybridized carbons (Fsp3) is 0.176. The van der Waals surface area contributed by atoms with Crippen molar-refractivity contribution in [2.24, 2.45) is 0 Å². The predicted octanol–water partition coefficient (Wildman–Crippen LogP) is 1.14. The molecule has 0 unspecified atom stereocenters. The minimum atomic E-state index is -0.274. The van der Waals surface area contributed by atoms with E-state index in [1.807, 2.05) is 22.8 Å². The van der Waals surface area contributed by atoms with Crippen LogP contribution in [0.1, 0.15) is 21.7 Å². The van der Waals surface area contributed by atoms with E-state index >= 15 is 0 Å². The second kappa shape index (κ2) is 7.36. The van der Waals surface area contributed by atoms with Crippen LogP contribution >= 0.6 is 0 Å². The van der Waals surface area contributed by atoms with E-state index in [0.717, 1.165) is 13.0 Å². The number of amides is 1. The second-order valence-corrected chi connectivity index (χ2v) is 5.30. The highest BCUT2D eigenvalue weighted by Crippen LogP contribution is 2.04. The Labute approximate surface area is 138 Å². The van der Waals surface area contributed by atoms with Crippen LogP contribution < -0.4 is 10.9 Å². The van der Waals surface area contributed by atoms with Crippen LogP contribution in [0.2, 0.25) is 0 Å². The Kier molecular flexibility index (Phi) is 4.81. The van der Waals surface area contributed by atoms with Gasteiger partial charge in [-0.25, -0.2) is 0 Å². The highest BCUT2D eigenvalue weighted by Gasteiger charge is 2.09. The van der Waals surface area contributed by atoms with Gasteiger partial charge in [-0.1, -0.05) is 30.3 Å². The standard InChI is InChI=1S/C17H17N5O2/c23-16-7-6-14(10-18-16)17(24)19-11-15-21-20-12-22(15)9-8-13-4-2-1-3-5-13/h1-7,10,12H,8-9,11H2,(H,18,23)(H,19,24). The number of hydrogen-bond donors (Lipinski definition) is 2. The molecule has 0 saturated carbocycles. The van der Waals surface area contributed by atoms with Crippen molar-refractivity contribution in [2.45, 2.75) is 19.5 Å². The third kappa shape index (κ3) is 3.95. The molecule has 3 aromatic rings. The van der Waals surface area contributed by atoms with Gasteiger partial charge in [-0.2, -0.15) is 0 Å². The predicted molar refractivity (Wildman–Crippen MR) is 88.4 cm³/mol. The van der Waals surface area contributed by atoms with E-state index in [9.17, 15) is 9.59 Å². The van der Waals surface area contributed by atoms with Crippen molar-refractivity contribution in [2.75, 3.05) is 0 Å². The summed E-state index contributed by atoms with van der Waals surface area (Å²) in [5.41, 5.74) is 1.38. The molecule has 0 saturated heterocycles. The van der Waals surface area contributed by atoms with Crippen molar-refractivity contribution in [1.29, 1.82) is 0 Å². The molecule has 0 aliphatic rings. The van der Waals surface area contributed by atoms with Gasteiger partial charge < -0.3 is 14.9 Å². The molecule has 0 spiro atoms. The summed E-state index contributed by atoms with van der Waals surface area (Å²) in [5, 5.41) is 10.7. The number of H-pyrrole nitrogens is 1. The third-order valence-corrected chi connectivity index (χ3v) is 3.63. The molecule has 0 atom stereocenters. The van der Waals surface area contributed by atoms with Crippen LogP contribution in [0.5, 0.6) is 0 Å². The summed E-state index contributed by atoms with van der Waals surface area (Å²) in [6.45, 7) is 1.01. The van der Waals surface area contributed by atoms with Crippen LogP contribution in [0.15, 0.2) is 59.8 Å². The van der Waals surface area contributed by atoms with Gasteiger partial charge in [0.1, 0.15) is 6.33 Å². The molecule has 0 aliphatic heterocycles. The van der Waals surface area contributed by atoms with E-state index in [1.54, 1.807) is 6.33 Å². The number of benzene rings is 1. The van der Waals surface area contributed by atoms with E-state index in [0.29, 0.717) is 11.4 Å². The molecule has 1 aromatic carbocycles. The van der Waals surface area contributed by atoms with Gasteiger partial charge in [0.15, 0.2) is 5.82 Å². The lowest BCUT2D eigenvalue weighted by molar-refractivity contribution is 0.0949. The maximum atomic E-state index is 12.1. The Bertz CT molecular complexity index is 849. The van der Waals surface area contributed by atoms with Crippen molar-refractivity contribution in [3.05, 3.63) is 82.3 Å². The van der Waals surface area contributed by atoms with Crippen LogP contribution in [0.25, 0.3) is 0 Å². The SMILES string of the molecule is O=C(NCc1nncn1CCc1ccccc1)c1ccc(=O)[nH]c1. The fourth-order valence-corrected chi connectivity index (χ4v) is 2.31. The number of aryl methyl sites for hydroxylation is 2. The number of hydrogen-bond acceptors (Lipinski definition) is 4. The summed E-state index contributed by atoms with van der Waals surface area (Å²) in [6.07, 6.45) is 3.90. The summed E-state index contributed by atoms with van der Waals surface area (Å²) < 4.78 is 1.92. The average Bonchev–Trinajstić information content (AvgIpc) is 3.07. The lowest BCUT2D eigenvalue weighted by atomic mass is 10.1. The third-order valence-electron chi connectivity index (χ3n) is 3.63. The lowest BCUT2D eigenvalue weighted by Gasteiger charge is -2.08. The van der Waals surface area contributed by atoms with Crippen LogP contribution in [-0.2, 0) is 19.5 Å². The largest absolute Gasteiger partial charge is 0.345 e. The Morgan fingerprint density at radius 3 is 2.75 bits per heavy atom. The Morgan fingerprint density at radius 2 is 2.00 bits per heavy atom. The first-order chi connectivity index (χ1) is 11.7. The Morgan fingerprint density at radius 1 is 1.17 bits per heavy atom. The summed E-state index contributed by atoms with van der Waals surface area (Å²) >= 11 is 0. The molecule has 7 heteroatoms. The van der Waals surface area contributed by atoms with Gasteiger partial charge in [0.05, 0.1) is 12.1 Å². The van der Waals surface area contributed by atoms with Gasteiger partial charge in [-0.15, -0.1) is 10.2 Å². The highest BCUT2D eigenvalue weighted by molar-refractivity contribution is 5.93. The summed E-state index contributed by atoms with van der Waals surface area (Å²) in [6, 6.07) is 12.9. The van der Waals surface area contributed by atoms with Gasteiger partial charge >= 0.3 is 0 Å². The van der Waals surface area contributed by atoms with Gasteiger partial charge in [-0.05, 0) is 18.1 Å². The summed E-state index contributed by atoms with van der Waals surface area (Å²) in [7, 11) is 0. The Hall–Kier alpha value is -3.22. The molecule has 2 aromatic heterocycles. The molecule has 7 nitrogen and oxygen atoms in total. The zero-order valence-corrected chi connectivity index (χ0v) is 13.0. The number of carbonyl (C=O) groups is 1. The first-order valence-electron chi connectivity index (χ1n) is 7.60. The number of nitrogens with one attached hydrogen (secondary N) is 2. The molecule has 0 fully saturated rings. The number of aromatic nitrogens is 4. The van der Waals surface area contributed by atoms with Crippen LogP contribution in [0, 0.1) is 0 Å². The topological polar surface area (TPSA) is 92.7 Å². The van der Waals surface area contributed by atoms with Gasteiger partial charge in [0.25, 0.3) is 5.91 Å². The zero-order valence-electron chi connectivity index (χ0n) is 13.0. The monoisotopic (exact) mass is 323 g/mol. The minimum Gasteiger partial charge on any atom is -0.345 e. The molecular weight excluding hydrogens is 306 g/mol. The molecule has 3 rings (SSSR count). The molecule has 0 bridgehead atoms. The van der Waals surface area contributed by atoms with Crippen LogP contribution in [0.3, 0.4) is 0 Å². The average molecular weight is 323 g/mol. The smallest absolute Gasteiger partial charge is 0.253 e. The normalized spacial score (nSPS) is 10.5. The number of carbonyl (C=O) groups excluding carboxylic acids is 1. The lowest BCUT2D eigenvalue weighted by Crippen LogP contribution is -2.25. The maximum absolute atomic E-state index is 12.1. The summed E-state index contributed by atoms with van der Waals surface area (Å²) in [4.78, 5) is 25.5. The molecule has 122 valence electrons. The Balaban J connectivity index is 1.58. The van der Waals surface area contributed by atoms with Gasteiger partial charge in [-0.3, -0.25) is 9.59 Å². The molecule has 1 amide bonds. The summed E-state index contributed by atoms with van der Waals surface area (Å²) in [5.74, 6) is 0.410. The molecular formula is C17H17N5O2. The maximum Gasteiger partial charge on any atom is 0.253 e. The number of nitrogens with zero attached hydrogens (tertiary/aromatic N) is 3. The van der Waals surface area contributed by atoms with Crippen LogP contribution in [-0.4, -0.2) is 25.7 Å². The van der Waals surface area contributed by atoms with E-state index in [-0.39, 0.29) is 18.0 Å². The fourth-order valence-electron chi connectivity index (χ4n) is 2.31. The van der Waals surface area contributed by atoms with E-state index < -0.39 is 0 Å². The number of pyridine rings is 1. The molecule has 2 N–H and O–H groups in total. The van der Waals surface area contributed by atoms with Crippen molar-refractivity contribution >= 4 is 5.91 Å². The van der Waals surface area contributed by atoms with Gasteiger partial charge in [0.2, 0.25) is 5.56 Å². The highest BCUT2D eigenvalue weighted by atomic mass is 16.1. The molecule has 0 aliphatic carbocycles. The first kappa shape index (κ1) is 15.7. The van der Waals surface area contributed by atoms with Gasteiger partial charge in [0, 0.05) is 18.8 Å². The first-order valence-corrected chi connectivity index (χ1v) is 7.60. The zero-order chi connectivity index (χ0) is 16.8. The molecule has 2 heterocycles. The number of rotatable bonds is 6. The van der Waals surface area contributed by atoms with Crippen molar-refractivity contribution < 1.29 is 4.79 Å². The van der Waals surface area contributed by atoms with E-state index in [4.69, 9.17) is 0 Å². The van der Waals surface area contributed by atoms with Crippen molar-refractivity contribution in [3.8, 4) is 0 Å². The quantitative estimate of drug-likeness (QED) is 0.711. The van der Waals surface area contributed by atoms with Crippen molar-refractivity contribution in [3.63, 3.8) is 0 Å². The van der Waals surface area contributed by atoms with Crippen LogP contribution in [0.4, 0.5) is 0 Å². The van der Waals surface area contributed by atoms with E-state index in [1.165, 1.54) is 23.9 Å². The second-order valence-electron chi connectivity index (χ2n) is 5.30. The molecule has 24 heavy (non-hydrogen) atoms. The van der Waals surface area contributed by atoms with Crippen molar-refractivity contribution in [1.82, 2.24) is 25.1 Å². The minimum absolute atomic E-state index is 0.243. The van der Waals surface area contributed by atoms with E-state index in [2.05, 4.69) is 32.6 Å². The molecule has 0 radical (unpaired) electrons.